The quantitative estimate of drug-likeness (QED) is 0.897. The Labute approximate surface area is 135 Å². The minimum Gasteiger partial charge on any atom is -0.326 e. The second-order valence-corrected chi connectivity index (χ2v) is 8.25. The lowest BCUT2D eigenvalue weighted by atomic mass is 9.94. The molecule has 21 heavy (non-hydrogen) atoms. The standard InChI is InChI=1S/C17H24N2S2/c1-4-14(18)17(16-6-5-11(2)21-16)19-9-7-15-13(12(19)3)8-10-20-15/h5-6,8,10,12,14,17H,4,7,9,18H2,1-3H3. The maximum absolute atomic E-state index is 6.51. The first kappa shape index (κ1) is 15.2. The van der Waals surface area contributed by atoms with Crippen LogP contribution >= 0.6 is 22.7 Å². The molecule has 0 radical (unpaired) electrons. The zero-order valence-electron chi connectivity index (χ0n) is 13.0. The zero-order chi connectivity index (χ0) is 15.0. The van der Waals surface area contributed by atoms with Gasteiger partial charge in [0.2, 0.25) is 0 Å². The van der Waals surface area contributed by atoms with Crippen LogP contribution in [0, 0.1) is 6.92 Å². The Morgan fingerprint density at radius 1 is 1.38 bits per heavy atom. The molecule has 3 atom stereocenters. The van der Waals surface area contributed by atoms with Crippen molar-refractivity contribution in [2.45, 2.75) is 51.7 Å². The van der Waals surface area contributed by atoms with Crippen molar-refractivity contribution in [1.82, 2.24) is 4.90 Å². The van der Waals surface area contributed by atoms with E-state index in [4.69, 9.17) is 5.73 Å². The van der Waals surface area contributed by atoms with Gasteiger partial charge in [-0.3, -0.25) is 4.90 Å². The van der Waals surface area contributed by atoms with E-state index in [-0.39, 0.29) is 6.04 Å². The summed E-state index contributed by atoms with van der Waals surface area (Å²) in [6.07, 6.45) is 2.18. The van der Waals surface area contributed by atoms with Gasteiger partial charge in [0.15, 0.2) is 0 Å². The maximum Gasteiger partial charge on any atom is 0.0598 e. The van der Waals surface area contributed by atoms with Gasteiger partial charge in [0.25, 0.3) is 0 Å². The summed E-state index contributed by atoms with van der Waals surface area (Å²) >= 11 is 3.80. The number of rotatable bonds is 4. The van der Waals surface area contributed by atoms with E-state index in [1.807, 2.05) is 22.7 Å². The molecule has 3 unspecified atom stereocenters. The fourth-order valence-electron chi connectivity index (χ4n) is 3.36. The van der Waals surface area contributed by atoms with Crippen LogP contribution in [0.3, 0.4) is 0 Å². The molecule has 0 bridgehead atoms. The molecule has 1 aliphatic heterocycles. The van der Waals surface area contributed by atoms with E-state index in [0.717, 1.165) is 19.4 Å². The Kier molecular flexibility index (Phi) is 4.50. The van der Waals surface area contributed by atoms with Crippen molar-refractivity contribution in [2.24, 2.45) is 5.73 Å². The predicted molar refractivity (Wildman–Crippen MR) is 93.2 cm³/mol. The van der Waals surface area contributed by atoms with Crippen molar-refractivity contribution in [2.75, 3.05) is 6.54 Å². The lowest BCUT2D eigenvalue weighted by Gasteiger charge is -2.41. The summed E-state index contributed by atoms with van der Waals surface area (Å²) in [4.78, 5) is 6.98. The van der Waals surface area contributed by atoms with Gasteiger partial charge >= 0.3 is 0 Å². The van der Waals surface area contributed by atoms with Gasteiger partial charge in [0, 0.05) is 33.3 Å². The molecule has 114 valence electrons. The van der Waals surface area contributed by atoms with Gasteiger partial charge in [-0.1, -0.05) is 6.92 Å². The third-order valence-electron chi connectivity index (χ3n) is 4.61. The molecule has 0 saturated carbocycles. The molecule has 2 aromatic heterocycles. The lowest BCUT2D eigenvalue weighted by molar-refractivity contribution is 0.116. The van der Waals surface area contributed by atoms with Crippen LogP contribution in [0.2, 0.25) is 0 Å². The number of fused-ring (bicyclic) bond motifs is 1. The summed E-state index contributed by atoms with van der Waals surface area (Å²) in [5, 5.41) is 2.23. The minimum absolute atomic E-state index is 0.200. The van der Waals surface area contributed by atoms with Gasteiger partial charge in [0.05, 0.1) is 6.04 Å². The van der Waals surface area contributed by atoms with Crippen LogP contribution in [-0.2, 0) is 6.42 Å². The van der Waals surface area contributed by atoms with Crippen LogP contribution in [0.1, 0.15) is 52.5 Å². The summed E-state index contributed by atoms with van der Waals surface area (Å²) in [6.45, 7) is 7.83. The molecule has 2 nitrogen and oxygen atoms in total. The van der Waals surface area contributed by atoms with Crippen molar-refractivity contribution >= 4 is 22.7 Å². The van der Waals surface area contributed by atoms with Crippen LogP contribution in [0.5, 0.6) is 0 Å². The zero-order valence-corrected chi connectivity index (χ0v) is 14.6. The smallest absolute Gasteiger partial charge is 0.0598 e. The first-order chi connectivity index (χ1) is 10.1. The highest BCUT2D eigenvalue weighted by molar-refractivity contribution is 7.12. The molecule has 3 rings (SSSR count). The van der Waals surface area contributed by atoms with Crippen LogP contribution < -0.4 is 5.73 Å². The highest BCUT2D eigenvalue weighted by Gasteiger charge is 2.34. The van der Waals surface area contributed by atoms with E-state index in [1.54, 1.807) is 4.88 Å². The highest BCUT2D eigenvalue weighted by atomic mass is 32.1. The summed E-state index contributed by atoms with van der Waals surface area (Å²) in [5.74, 6) is 0. The maximum atomic E-state index is 6.51. The average molecular weight is 321 g/mol. The van der Waals surface area contributed by atoms with Crippen LogP contribution in [0.25, 0.3) is 0 Å². The van der Waals surface area contributed by atoms with Gasteiger partial charge in [-0.25, -0.2) is 0 Å². The minimum atomic E-state index is 0.200. The summed E-state index contributed by atoms with van der Waals surface area (Å²) in [7, 11) is 0. The van der Waals surface area contributed by atoms with Crippen molar-refractivity contribution in [3.63, 3.8) is 0 Å². The van der Waals surface area contributed by atoms with E-state index in [1.165, 1.54) is 15.3 Å². The van der Waals surface area contributed by atoms with Crippen molar-refractivity contribution in [1.29, 1.82) is 0 Å². The molecular formula is C17H24N2S2. The Hall–Kier alpha value is -0.680. The SMILES string of the molecule is CCC(N)C(c1ccc(C)s1)N1CCc2sccc2C1C. The number of aryl methyl sites for hydroxylation is 1. The number of hydrogen-bond donors (Lipinski definition) is 1. The van der Waals surface area contributed by atoms with E-state index in [2.05, 4.69) is 49.3 Å². The molecule has 4 heteroatoms. The Morgan fingerprint density at radius 3 is 2.86 bits per heavy atom. The van der Waals surface area contributed by atoms with Crippen LogP contribution in [0.4, 0.5) is 0 Å². The summed E-state index contributed by atoms with van der Waals surface area (Å²) < 4.78 is 0. The van der Waals surface area contributed by atoms with Crippen molar-refractivity contribution < 1.29 is 0 Å². The number of nitrogens with two attached hydrogens (primary N) is 1. The number of thiophene rings is 2. The Bertz CT molecular complexity index is 601. The molecule has 0 amide bonds. The van der Waals surface area contributed by atoms with Gasteiger partial charge in [-0.15, -0.1) is 22.7 Å². The largest absolute Gasteiger partial charge is 0.326 e. The monoisotopic (exact) mass is 320 g/mol. The van der Waals surface area contributed by atoms with E-state index in [9.17, 15) is 0 Å². The first-order valence-corrected chi connectivity index (χ1v) is 9.45. The number of nitrogens with zero attached hydrogens (tertiary/aromatic N) is 1. The van der Waals surface area contributed by atoms with Crippen molar-refractivity contribution in [3.8, 4) is 0 Å². The predicted octanol–water partition coefficient (Wildman–Crippen LogP) is 4.52. The average Bonchev–Trinajstić information content (AvgIpc) is 3.10. The molecule has 1 aliphatic rings. The first-order valence-electron chi connectivity index (χ1n) is 7.75. The molecule has 2 N–H and O–H groups in total. The second kappa shape index (κ2) is 6.21. The number of hydrogen-bond acceptors (Lipinski definition) is 4. The summed E-state index contributed by atoms with van der Waals surface area (Å²) in [5.41, 5.74) is 8.02. The molecule has 2 aromatic rings. The fraction of sp³-hybridized carbons (Fsp3) is 0.529. The highest BCUT2D eigenvalue weighted by Crippen LogP contribution is 2.41. The third kappa shape index (κ3) is 2.82. The summed E-state index contributed by atoms with van der Waals surface area (Å²) in [6, 6.07) is 7.80. The normalized spacial score (nSPS) is 22.0. The lowest BCUT2D eigenvalue weighted by Crippen LogP contribution is -2.44. The molecule has 0 aliphatic carbocycles. The third-order valence-corrected chi connectivity index (χ3v) is 6.68. The van der Waals surface area contributed by atoms with E-state index >= 15 is 0 Å². The van der Waals surface area contributed by atoms with Crippen molar-refractivity contribution in [3.05, 3.63) is 43.8 Å². The van der Waals surface area contributed by atoms with Crippen LogP contribution in [-0.4, -0.2) is 17.5 Å². The molecule has 0 fully saturated rings. The van der Waals surface area contributed by atoms with E-state index in [0.29, 0.717) is 12.1 Å². The molecular weight excluding hydrogens is 296 g/mol. The Morgan fingerprint density at radius 2 is 2.19 bits per heavy atom. The molecule has 0 spiro atoms. The van der Waals surface area contributed by atoms with Crippen LogP contribution in [0.15, 0.2) is 23.6 Å². The Balaban J connectivity index is 1.94. The van der Waals surface area contributed by atoms with Gasteiger partial charge in [-0.05, 0) is 55.8 Å². The van der Waals surface area contributed by atoms with Gasteiger partial charge in [0.1, 0.15) is 0 Å². The van der Waals surface area contributed by atoms with E-state index < -0.39 is 0 Å². The topological polar surface area (TPSA) is 29.3 Å². The molecule has 0 saturated heterocycles. The molecule has 0 aromatic carbocycles. The fourth-order valence-corrected chi connectivity index (χ4v) is 5.40. The van der Waals surface area contributed by atoms with Gasteiger partial charge < -0.3 is 5.73 Å². The molecule has 3 heterocycles. The van der Waals surface area contributed by atoms with Gasteiger partial charge in [-0.2, -0.15) is 0 Å². The second-order valence-electron chi connectivity index (χ2n) is 5.93.